The van der Waals surface area contributed by atoms with Crippen LogP contribution in [0.15, 0.2) is 57.8 Å². The minimum absolute atomic E-state index is 0.0512. The fraction of sp³-hybridized carbons (Fsp3) is 0.0500. The maximum Gasteiger partial charge on any atom is 0.268 e. The number of anilines is 1. The van der Waals surface area contributed by atoms with E-state index in [-0.39, 0.29) is 22.5 Å². The number of nitrogens with zero attached hydrogens (tertiary/aromatic N) is 2. The van der Waals surface area contributed by atoms with Crippen molar-refractivity contribution in [2.45, 2.75) is 6.61 Å². The lowest BCUT2D eigenvalue weighted by Crippen LogP contribution is -2.16. The summed E-state index contributed by atoms with van der Waals surface area (Å²) >= 11 is 3.41. The van der Waals surface area contributed by atoms with Gasteiger partial charge in [-0.3, -0.25) is 4.79 Å². The van der Waals surface area contributed by atoms with E-state index >= 15 is 0 Å². The lowest BCUT2D eigenvalue weighted by atomic mass is 9.96. The molecule has 0 bridgehead atoms. The molecule has 1 heterocycles. The van der Waals surface area contributed by atoms with E-state index in [1.807, 2.05) is 36.4 Å². The monoisotopic (exact) mass is 420 g/mol. The summed E-state index contributed by atoms with van der Waals surface area (Å²) < 4.78 is 6.77. The summed E-state index contributed by atoms with van der Waals surface area (Å²) in [6.07, 6.45) is 0. The quantitative estimate of drug-likeness (QED) is 0.666. The summed E-state index contributed by atoms with van der Waals surface area (Å²) in [4.78, 5) is 14.4. The lowest BCUT2D eigenvalue weighted by molar-refractivity contribution is 0.306. The predicted molar refractivity (Wildman–Crippen MR) is 105 cm³/mol. The Hall–Kier alpha value is -3.55. The number of ether oxygens (including phenoxy) is 1. The van der Waals surface area contributed by atoms with Gasteiger partial charge in [-0.15, -0.1) is 0 Å². The van der Waals surface area contributed by atoms with Crippen molar-refractivity contribution in [1.82, 2.24) is 4.98 Å². The number of hydrogen-bond acceptors (Lipinski definition) is 5. The van der Waals surface area contributed by atoms with Gasteiger partial charge in [0.15, 0.2) is 0 Å². The number of aromatic amines is 1. The van der Waals surface area contributed by atoms with Crippen LogP contribution >= 0.6 is 15.9 Å². The predicted octanol–water partition coefficient (Wildman–Crippen LogP) is 3.71. The van der Waals surface area contributed by atoms with Crippen LogP contribution in [0.4, 0.5) is 5.82 Å². The van der Waals surface area contributed by atoms with Crippen molar-refractivity contribution in [3.05, 3.63) is 80.0 Å². The highest BCUT2D eigenvalue weighted by molar-refractivity contribution is 9.10. The summed E-state index contributed by atoms with van der Waals surface area (Å²) in [6.45, 7) is 0.344. The number of H-pyrrole nitrogens is 1. The van der Waals surface area contributed by atoms with E-state index in [0.29, 0.717) is 17.9 Å². The van der Waals surface area contributed by atoms with Crippen LogP contribution in [0.2, 0.25) is 0 Å². The van der Waals surface area contributed by atoms with Gasteiger partial charge >= 0.3 is 0 Å². The molecule has 0 aliphatic rings. The molecule has 2 aromatic carbocycles. The van der Waals surface area contributed by atoms with Gasteiger partial charge in [0.05, 0.1) is 0 Å². The van der Waals surface area contributed by atoms with Gasteiger partial charge < -0.3 is 15.5 Å². The Labute approximate surface area is 163 Å². The SMILES string of the molecule is N#Cc1c(N)[nH]c(=O)c(C#N)c1-c1cccc(OCc2cccc(Br)c2)c1. The molecule has 3 aromatic rings. The zero-order chi connectivity index (χ0) is 19.4. The molecular weight excluding hydrogens is 408 g/mol. The molecule has 0 amide bonds. The van der Waals surface area contributed by atoms with Gasteiger partial charge in [0.2, 0.25) is 0 Å². The van der Waals surface area contributed by atoms with Gasteiger partial charge in [0.1, 0.15) is 41.4 Å². The first-order chi connectivity index (χ1) is 13.0. The van der Waals surface area contributed by atoms with E-state index < -0.39 is 5.56 Å². The van der Waals surface area contributed by atoms with Crippen LogP contribution in [0.3, 0.4) is 0 Å². The van der Waals surface area contributed by atoms with E-state index in [9.17, 15) is 15.3 Å². The zero-order valence-corrected chi connectivity index (χ0v) is 15.6. The van der Waals surface area contributed by atoms with Crippen molar-refractivity contribution in [1.29, 1.82) is 10.5 Å². The van der Waals surface area contributed by atoms with E-state index in [2.05, 4.69) is 20.9 Å². The van der Waals surface area contributed by atoms with Crippen LogP contribution in [0.1, 0.15) is 16.7 Å². The Kier molecular flexibility index (Phi) is 5.25. The third-order valence-electron chi connectivity index (χ3n) is 3.89. The Morgan fingerprint density at radius 1 is 1.07 bits per heavy atom. The number of nitrogens with one attached hydrogen (secondary N) is 1. The highest BCUT2D eigenvalue weighted by Crippen LogP contribution is 2.30. The second-order valence-electron chi connectivity index (χ2n) is 5.66. The second-order valence-corrected chi connectivity index (χ2v) is 6.58. The molecular formula is C20H13BrN4O2. The van der Waals surface area contributed by atoms with Gasteiger partial charge in [-0.2, -0.15) is 10.5 Å². The van der Waals surface area contributed by atoms with Crippen LogP contribution in [0.5, 0.6) is 5.75 Å². The third kappa shape index (κ3) is 3.84. The molecule has 0 fully saturated rings. The average Bonchev–Trinajstić information content (AvgIpc) is 2.66. The largest absolute Gasteiger partial charge is 0.489 e. The first-order valence-corrected chi connectivity index (χ1v) is 8.66. The topological polar surface area (TPSA) is 116 Å². The fourth-order valence-electron chi connectivity index (χ4n) is 2.67. The number of nitrogens with two attached hydrogens (primary N) is 1. The number of aromatic nitrogens is 1. The minimum atomic E-state index is -0.635. The second kappa shape index (κ2) is 7.77. The van der Waals surface area contributed by atoms with Gasteiger partial charge in [-0.25, -0.2) is 0 Å². The molecule has 132 valence electrons. The number of hydrogen-bond donors (Lipinski definition) is 2. The van der Waals surface area contributed by atoms with Crippen LogP contribution in [-0.4, -0.2) is 4.98 Å². The summed E-state index contributed by atoms with van der Waals surface area (Å²) in [5, 5.41) is 18.8. The first-order valence-electron chi connectivity index (χ1n) is 7.87. The number of pyridine rings is 1. The summed E-state index contributed by atoms with van der Waals surface area (Å²) in [5.41, 5.74) is 6.70. The summed E-state index contributed by atoms with van der Waals surface area (Å²) in [5.74, 6) is 0.469. The minimum Gasteiger partial charge on any atom is -0.489 e. The van der Waals surface area contributed by atoms with Gasteiger partial charge in [-0.1, -0.05) is 40.2 Å². The normalized spacial score (nSPS) is 10.0. The number of halogens is 1. The number of nitrogen functional groups attached to an aromatic ring is 1. The summed E-state index contributed by atoms with van der Waals surface area (Å²) in [6, 6.07) is 18.4. The molecule has 0 spiro atoms. The van der Waals surface area contributed by atoms with Crippen molar-refractivity contribution in [3.63, 3.8) is 0 Å². The van der Waals surface area contributed by atoms with Crippen LogP contribution in [0, 0.1) is 22.7 Å². The van der Waals surface area contributed by atoms with Crippen LogP contribution < -0.4 is 16.0 Å². The van der Waals surface area contributed by atoms with Crippen molar-refractivity contribution in [2.24, 2.45) is 0 Å². The number of nitriles is 2. The average molecular weight is 421 g/mol. The van der Waals surface area contributed by atoms with Gasteiger partial charge in [0, 0.05) is 10.0 Å². The van der Waals surface area contributed by atoms with E-state index in [1.165, 1.54) is 0 Å². The first kappa shape index (κ1) is 18.2. The number of rotatable bonds is 4. The molecule has 0 saturated heterocycles. The van der Waals surface area contributed by atoms with Crippen LogP contribution in [0.25, 0.3) is 11.1 Å². The van der Waals surface area contributed by atoms with E-state index in [1.54, 1.807) is 24.3 Å². The van der Waals surface area contributed by atoms with Crippen molar-refractivity contribution in [3.8, 4) is 29.0 Å². The molecule has 0 unspecified atom stereocenters. The van der Waals surface area contributed by atoms with Crippen molar-refractivity contribution >= 4 is 21.7 Å². The summed E-state index contributed by atoms with van der Waals surface area (Å²) in [7, 11) is 0. The van der Waals surface area contributed by atoms with Crippen molar-refractivity contribution < 1.29 is 4.74 Å². The molecule has 0 aliphatic heterocycles. The zero-order valence-electron chi connectivity index (χ0n) is 14.0. The standard InChI is InChI=1S/C20H13BrN4O2/c21-14-5-1-3-12(7-14)11-27-15-6-2-4-13(8-15)18-16(9-22)19(24)25-20(26)17(18)10-23/h1-8H,11H2,(H3,24,25,26). The Bertz CT molecular complexity index is 1160. The molecule has 27 heavy (non-hydrogen) atoms. The van der Waals surface area contributed by atoms with Crippen LogP contribution in [-0.2, 0) is 6.61 Å². The third-order valence-corrected chi connectivity index (χ3v) is 4.38. The highest BCUT2D eigenvalue weighted by atomic mass is 79.9. The smallest absolute Gasteiger partial charge is 0.268 e. The maximum absolute atomic E-state index is 12.1. The molecule has 3 rings (SSSR count). The molecule has 0 radical (unpaired) electrons. The Balaban J connectivity index is 2.01. The van der Waals surface area contributed by atoms with E-state index in [4.69, 9.17) is 10.5 Å². The number of benzene rings is 2. The molecule has 0 aliphatic carbocycles. The maximum atomic E-state index is 12.1. The molecule has 3 N–H and O–H groups in total. The van der Waals surface area contributed by atoms with Gasteiger partial charge in [-0.05, 0) is 35.4 Å². The molecule has 0 saturated carbocycles. The molecule has 6 nitrogen and oxygen atoms in total. The molecule has 1 aromatic heterocycles. The Morgan fingerprint density at radius 3 is 2.52 bits per heavy atom. The fourth-order valence-corrected chi connectivity index (χ4v) is 3.11. The lowest BCUT2D eigenvalue weighted by Gasteiger charge is -2.11. The highest BCUT2D eigenvalue weighted by Gasteiger charge is 2.18. The van der Waals surface area contributed by atoms with Crippen molar-refractivity contribution in [2.75, 3.05) is 5.73 Å². The van der Waals surface area contributed by atoms with Gasteiger partial charge in [0.25, 0.3) is 5.56 Å². The van der Waals surface area contributed by atoms with E-state index in [0.717, 1.165) is 10.0 Å². The molecule has 0 atom stereocenters. The Morgan fingerprint density at radius 2 is 1.81 bits per heavy atom. The molecule has 7 heteroatoms.